The zero-order valence-electron chi connectivity index (χ0n) is 15.8. The fourth-order valence-corrected chi connectivity index (χ4v) is 3.19. The number of imide groups is 1. The molecule has 1 aromatic carbocycles. The highest BCUT2D eigenvalue weighted by Crippen LogP contribution is 2.18. The number of carboxylic acids is 1. The average molecular weight is 376 g/mol. The minimum absolute atomic E-state index is 0.176. The first-order chi connectivity index (χ1) is 13.0. The molecule has 0 aromatic heterocycles. The predicted molar refractivity (Wildman–Crippen MR) is 101 cm³/mol. The van der Waals surface area contributed by atoms with E-state index in [9.17, 15) is 14.4 Å². The van der Waals surface area contributed by atoms with E-state index in [4.69, 9.17) is 9.84 Å². The number of carbonyl (C=O) groups is 3. The number of rotatable bonds is 12. The molecule has 0 saturated carbocycles. The fraction of sp³-hybridized carbons (Fsp3) is 0.550. The van der Waals surface area contributed by atoms with Crippen LogP contribution in [0.2, 0.25) is 0 Å². The average Bonchev–Trinajstić information content (AvgIpc) is 2.88. The van der Waals surface area contributed by atoms with Crippen molar-refractivity contribution in [1.82, 2.24) is 10.2 Å². The van der Waals surface area contributed by atoms with Crippen molar-refractivity contribution in [2.75, 3.05) is 13.2 Å². The van der Waals surface area contributed by atoms with E-state index < -0.39 is 12.0 Å². The summed E-state index contributed by atoms with van der Waals surface area (Å²) < 4.78 is 5.70. The van der Waals surface area contributed by atoms with Gasteiger partial charge < -0.3 is 14.7 Å². The van der Waals surface area contributed by atoms with Crippen LogP contribution in [0.5, 0.6) is 5.75 Å². The van der Waals surface area contributed by atoms with Crippen molar-refractivity contribution in [1.29, 1.82) is 0 Å². The van der Waals surface area contributed by atoms with Crippen LogP contribution in [0.4, 0.5) is 4.79 Å². The molecule has 0 spiro atoms. The molecule has 3 amide bonds. The summed E-state index contributed by atoms with van der Waals surface area (Å²) in [5.41, 5.74) is 1.13. The van der Waals surface area contributed by atoms with Gasteiger partial charge in [0.05, 0.1) is 6.61 Å². The SMILES string of the molecule is Cc1cccc(OCCCN2C(=O)NC(=O)C2CCCCCCC(=O)O)c1. The van der Waals surface area contributed by atoms with Crippen LogP contribution in [-0.4, -0.2) is 47.1 Å². The maximum Gasteiger partial charge on any atom is 0.324 e. The van der Waals surface area contributed by atoms with Crippen molar-refractivity contribution in [2.45, 2.75) is 57.9 Å². The Hall–Kier alpha value is -2.57. The molecule has 7 nitrogen and oxygen atoms in total. The molecular formula is C20H28N2O5. The molecule has 1 aliphatic heterocycles. The number of benzene rings is 1. The van der Waals surface area contributed by atoms with Crippen LogP contribution >= 0.6 is 0 Å². The molecule has 148 valence electrons. The van der Waals surface area contributed by atoms with Gasteiger partial charge in [-0.2, -0.15) is 0 Å². The first-order valence-corrected chi connectivity index (χ1v) is 9.50. The number of nitrogens with one attached hydrogen (secondary N) is 1. The van der Waals surface area contributed by atoms with Crippen molar-refractivity contribution < 1.29 is 24.2 Å². The summed E-state index contributed by atoms with van der Waals surface area (Å²) in [6, 6.07) is 7.01. The van der Waals surface area contributed by atoms with E-state index in [1.54, 1.807) is 4.90 Å². The van der Waals surface area contributed by atoms with Gasteiger partial charge in [-0.1, -0.05) is 31.4 Å². The first-order valence-electron chi connectivity index (χ1n) is 9.50. The zero-order valence-corrected chi connectivity index (χ0v) is 15.8. The number of carboxylic acid groups (broad SMARTS) is 1. The van der Waals surface area contributed by atoms with E-state index in [1.807, 2.05) is 31.2 Å². The fourth-order valence-electron chi connectivity index (χ4n) is 3.19. The molecule has 1 heterocycles. The number of unbranched alkanes of at least 4 members (excludes halogenated alkanes) is 3. The lowest BCUT2D eigenvalue weighted by atomic mass is 10.1. The van der Waals surface area contributed by atoms with Crippen molar-refractivity contribution in [3.8, 4) is 5.75 Å². The Balaban J connectivity index is 1.70. The van der Waals surface area contributed by atoms with Gasteiger partial charge in [0, 0.05) is 13.0 Å². The molecule has 1 saturated heterocycles. The second-order valence-corrected chi connectivity index (χ2v) is 6.87. The van der Waals surface area contributed by atoms with Gasteiger partial charge in [-0.05, 0) is 43.9 Å². The molecule has 27 heavy (non-hydrogen) atoms. The molecule has 1 fully saturated rings. The summed E-state index contributed by atoms with van der Waals surface area (Å²) >= 11 is 0. The molecule has 7 heteroatoms. The summed E-state index contributed by atoms with van der Waals surface area (Å²) in [4.78, 5) is 36.1. The maximum absolute atomic E-state index is 12.0. The topological polar surface area (TPSA) is 95.9 Å². The summed E-state index contributed by atoms with van der Waals surface area (Å²) in [5, 5.41) is 11.0. The largest absolute Gasteiger partial charge is 0.494 e. The van der Waals surface area contributed by atoms with Gasteiger partial charge in [-0.15, -0.1) is 0 Å². The lowest BCUT2D eigenvalue weighted by Crippen LogP contribution is -2.36. The predicted octanol–water partition coefficient (Wildman–Crippen LogP) is 3.11. The quantitative estimate of drug-likeness (QED) is 0.432. The number of aryl methyl sites for hydroxylation is 1. The Bertz CT molecular complexity index is 662. The molecule has 1 aromatic rings. The Labute approximate surface area is 159 Å². The number of hydrogen-bond donors (Lipinski definition) is 2. The Morgan fingerprint density at radius 3 is 2.70 bits per heavy atom. The first kappa shape index (κ1) is 20.7. The molecule has 2 rings (SSSR count). The molecule has 0 aliphatic carbocycles. The van der Waals surface area contributed by atoms with Gasteiger partial charge in [-0.25, -0.2) is 4.79 Å². The number of nitrogens with zero attached hydrogens (tertiary/aromatic N) is 1. The van der Waals surface area contributed by atoms with Gasteiger partial charge in [0.25, 0.3) is 5.91 Å². The van der Waals surface area contributed by atoms with E-state index in [0.717, 1.165) is 30.6 Å². The molecule has 0 radical (unpaired) electrons. The van der Waals surface area contributed by atoms with Gasteiger partial charge >= 0.3 is 12.0 Å². The van der Waals surface area contributed by atoms with Crippen LogP contribution in [0.3, 0.4) is 0 Å². The third-order valence-electron chi connectivity index (χ3n) is 4.59. The lowest BCUT2D eigenvalue weighted by molar-refractivity contribution is -0.137. The molecule has 2 N–H and O–H groups in total. The van der Waals surface area contributed by atoms with Gasteiger partial charge in [0.2, 0.25) is 0 Å². The maximum atomic E-state index is 12.0. The van der Waals surface area contributed by atoms with Gasteiger partial charge in [-0.3, -0.25) is 14.9 Å². The molecule has 1 unspecified atom stereocenters. The monoisotopic (exact) mass is 376 g/mol. The Morgan fingerprint density at radius 1 is 1.19 bits per heavy atom. The van der Waals surface area contributed by atoms with E-state index in [0.29, 0.717) is 32.4 Å². The van der Waals surface area contributed by atoms with E-state index in [-0.39, 0.29) is 18.4 Å². The van der Waals surface area contributed by atoms with Crippen molar-refractivity contribution >= 4 is 17.9 Å². The van der Waals surface area contributed by atoms with Crippen LogP contribution in [0.25, 0.3) is 0 Å². The molecular weight excluding hydrogens is 348 g/mol. The molecule has 0 bridgehead atoms. The van der Waals surface area contributed by atoms with Gasteiger partial charge in [0.15, 0.2) is 0 Å². The molecule has 1 atom stereocenters. The second kappa shape index (κ2) is 10.5. The van der Waals surface area contributed by atoms with Crippen molar-refractivity contribution in [2.24, 2.45) is 0 Å². The Morgan fingerprint density at radius 2 is 1.96 bits per heavy atom. The number of aliphatic carboxylic acids is 1. The summed E-state index contributed by atoms with van der Waals surface area (Å²) in [7, 11) is 0. The number of carbonyl (C=O) groups excluding carboxylic acids is 2. The standard InChI is InChI=1S/C20H28N2O5/c1-15-8-6-9-16(14-15)27-13-7-12-22-17(19(25)21-20(22)26)10-4-2-3-5-11-18(23)24/h6,8-9,14,17H,2-5,7,10-13H2,1H3,(H,23,24)(H,21,25,26). The summed E-state index contributed by atoms with van der Waals surface area (Å²) in [6.45, 7) is 2.94. The van der Waals surface area contributed by atoms with Crippen molar-refractivity contribution in [3.63, 3.8) is 0 Å². The van der Waals surface area contributed by atoms with Crippen molar-refractivity contribution in [3.05, 3.63) is 29.8 Å². The number of hydrogen-bond acceptors (Lipinski definition) is 4. The summed E-state index contributed by atoms with van der Waals surface area (Å²) in [5.74, 6) is -0.227. The number of ether oxygens (including phenoxy) is 1. The minimum Gasteiger partial charge on any atom is -0.494 e. The van der Waals surface area contributed by atoms with Crippen LogP contribution in [0.15, 0.2) is 24.3 Å². The Kier molecular flexibility index (Phi) is 8.10. The van der Waals surface area contributed by atoms with Crippen LogP contribution in [0.1, 0.15) is 50.5 Å². The van der Waals surface area contributed by atoms with E-state index in [2.05, 4.69) is 5.32 Å². The minimum atomic E-state index is -0.783. The second-order valence-electron chi connectivity index (χ2n) is 6.87. The normalized spacial score (nSPS) is 16.5. The highest BCUT2D eigenvalue weighted by molar-refractivity contribution is 6.04. The van der Waals surface area contributed by atoms with Crippen LogP contribution < -0.4 is 10.1 Å². The number of amides is 3. The number of urea groups is 1. The highest BCUT2D eigenvalue weighted by atomic mass is 16.5. The summed E-state index contributed by atoms with van der Waals surface area (Å²) in [6.07, 6.45) is 4.53. The zero-order chi connectivity index (χ0) is 19.6. The van der Waals surface area contributed by atoms with E-state index in [1.165, 1.54) is 0 Å². The van der Waals surface area contributed by atoms with E-state index >= 15 is 0 Å². The smallest absolute Gasteiger partial charge is 0.324 e. The third kappa shape index (κ3) is 6.92. The third-order valence-corrected chi connectivity index (χ3v) is 4.59. The highest BCUT2D eigenvalue weighted by Gasteiger charge is 2.37. The van der Waals surface area contributed by atoms with Crippen LogP contribution in [0, 0.1) is 6.92 Å². The molecule has 1 aliphatic rings. The van der Waals surface area contributed by atoms with Gasteiger partial charge in [0.1, 0.15) is 11.8 Å². The van der Waals surface area contributed by atoms with Crippen LogP contribution in [-0.2, 0) is 9.59 Å². The lowest BCUT2D eigenvalue weighted by Gasteiger charge is -2.21.